The Balaban J connectivity index is 2.33. The smallest absolute Gasteiger partial charge is 0.0427 e. The number of aryl methyl sites for hydroxylation is 1. The van der Waals surface area contributed by atoms with Crippen LogP contribution in [0.3, 0.4) is 0 Å². The van der Waals surface area contributed by atoms with Crippen molar-refractivity contribution >= 4 is 22.0 Å². The summed E-state index contributed by atoms with van der Waals surface area (Å²) >= 11 is 3.58. The lowest BCUT2D eigenvalue weighted by Crippen LogP contribution is -1.94. The van der Waals surface area contributed by atoms with Gasteiger partial charge in [0.2, 0.25) is 0 Å². The van der Waals surface area contributed by atoms with Crippen molar-refractivity contribution in [3.05, 3.63) is 27.5 Å². The maximum atomic E-state index is 3.58. The average Bonchev–Trinajstić information content (AvgIpc) is 2.57. The highest BCUT2D eigenvalue weighted by atomic mass is 79.9. The molecule has 0 unspecified atom stereocenters. The second-order valence-electron chi connectivity index (χ2n) is 3.68. The van der Waals surface area contributed by atoms with Gasteiger partial charge < -0.3 is 4.57 Å². The van der Waals surface area contributed by atoms with E-state index in [2.05, 4.69) is 46.7 Å². The maximum absolute atomic E-state index is 3.58. The van der Waals surface area contributed by atoms with E-state index in [1.807, 2.05) is 0 Å². The summed E-state index contributed by atoms with van der Waals surface area (Å²) in [5.41, 5.74) is 4.42. The van der Waals surface area contributed by atoms with E-state index in [0.717, 1.165) is 6.42 Å². The Bertz CT molecular complexity index is 360. The molecule has 0 bridgehead atoms. The average molecular weight is 240 g/mol. The molecule has 0 radical (unpaired) electrons. The fourth-order valence-corrected chi connectivity index (χ4v) is 2.62. The van der Waals surface area contributed by atoms with Crippen molar-refractivity contribution in [1.29, 1.82) is 0 Å². The largest absolute Gasteiger partial charge is 0.352 e. The predicted molar refractivity (Wildman–Crippen MR) is 59.7 cm³/mol. The number of halogens is 1. The van der Waals surface area contributed by atoms with Crippen molar-refractivity contribution in [2.75, 3.05) is 0 Å². The summed E-state index contributed by atoms with van der Waals surface area (Å²) in [6, 6.07) is 0. The molecule has 0 spiro atoms. The topological polar surface area (TPSA) is 4.93 Å². The molecule has 1 nitrogen and oxygen atoms in total. The number of hydrogen-bond acceptors (Lipinski definition) is 0. The van der Waals surface area contributed by atoms with E-state index in [4.69, 9.17) is 0 Å². The molecule has 0 aromatic carbocycles. The van der Waals surface area contributed by atoms with Gasteiger partial charge in [0.15, 0.2) is 0 Å². The van der Waals surface area contributed by atoms with Gasteiger partial charge in [0.25, 0.3) is 0 Å². The van der Waals surface area contributed by atoms with Crippen molar-refractivity contribution in [1.82, 2.24) is 4.57 Å². The quantitative estimate of drug-likeness (QED) is 0.745. The van der Waals surface area contributed by atoms with Crippen molar-refractivity contribution in [2.45, 2.75) is 26.2 Å². The van der Waals surface area contributed by atoms with Crippen LogP contribution in [-0.4, -0.2) is 4.57 Å². The minimum absolute atomic E-state index is 1.14. The van der Waals surface area contributed by atoms with Crippen LogP contribution in [-0.2, 0) is 13.5 Å². The lowest BCUT2D eigenvalue weighted by Gasteiger charge is -2.00. The first kappa shape index (κ1) is 9.07. The summed E-state index contributed by atoms with van der Waals surface area (Å²) in [6.07, 6.45) is 8.11. The van der Waals surface area contributed by atoms with Gasteiger partial charge in [-0.2, -0.15) is 0 Å². The van der Waals surface area contributed by atoms with Crippen LogP contribution in [0.25, 0.3) is 6.08 Å². The molecule has 0 fully saturated rings. The molecule has 1 aliphatic rings. The lowest BCUT2D eigenvalue weighted by molar-refractivity contribution is 0.818. The highest BCUT2D eigenvalue weighted by molar-refractivity contribution is 9.10. The van der Waals surface area contributed by atoms with Crippen LogP contribution in [0, 0.1) is 0 Å². The minimum atomic E-state index is 1.14. The van der Waals surface area contributed by atoms with E-state index >= 15 is 0 Å². The van der Waals surface area contributed by atoms with Gasteiger partial charge in [-0.05, 0) is 22.4 Å². The lowest BCUT2D eigenvalue weighted by atomic mass is 10.1. The van der Waals surface area contributed by atoms with Gasteiger partial charge in [-0.25, -0.2) is 0 Å². The Morgan fingerprint density at radius 1 is 1.54 bits per heavy atom. The summed E-state index contributed by atoms with van der Waals surface area (Å²) in [7, 11) is 2.12. The van der Waals surface area contributed by atoms with Crippen LogP contribution in [0.2, 0.25) is 0 Å². The van der Waals surface area contributed by atoms with Gasteiger partial charge in [-0.15, -0.1) is 0 Å². The molecule has 1 aromatic heterocycles. The highest BCUT2D eigenvalue weighted by Crippen LogP contribution is 2.33. The molecule has 1 aliphatic carbocycles. The van der Waals surface area contributed by atoms with Gasteiger partial charge in [-0.3, -0.25) is 0 Å². The molecule has 2 rings (SSSR count). The normalized spacial score (nSPS) is 14.5. The fourth-order valence-electron chi connectivity index (χ4n) is 1.97. The van der Waals surface area contributed by atoms with Crippen LogP contribution in [0.4, 0.5) is 0 Å². The van der Waals surface area contributed by atoms with Crippen molar-refractivity contribution in [2.24, 2.45) is 7.05 Å². The molecule has 0 aliphatic heterocycles. The Kier molecular flexibility index (Phi) is 2.33. The second kappa shape index (κ2) is 3.33. The van der Waals surface area contributed by atoms with E-state index in [-0.39, 0.29) is 0 Å². The molecule has 2 heteroatoms. The third-order valence-electron chi connectivity index (χ3n) is 2.62. The number of fused-ring (bicyclic) bond motifs is 1. The molecular formula is C11H14BrN. The van der Waals surface area contributed by atoms with Gasteiger partial charge in [0, 0.05) is 35.4 Å². The second-order valence-corrected chi connectivity index (χ2v) is 4.53. The molecule has 0 amide bonds. The number of nitrogens with zero attached hydrogens (tertiary/aromatic N) is 1. The third kappa shape index (κ3) is 1.48. The first-order chi connectivity index (χ1) is 6.22. The van der Waals surface area contributed by atoms with Gasteiger partial charge >= 0.3 is 0 Å². The van der Waals surface area contributed by atoms with E-state index in [1.54, 1.807) is 5.57 Å². The Morgan fingerprint density at radius 3 is 2.92 bits per heavy atom. The zero-order valence-corrected chi connectivity index (χ0v) is 9.69. The standard InChI is InChI=1S/C11H14BrN/c1-3-4-8-5-9-10(12)7-13(2)11(9)6-8/h5,7H,3-4,6H2,1-2H3. The van der Waals surface area contributed by atoms with Gasteiger partial charge in [0.05, 0.1) is 0 Å². The minimum Gasteiger partial charge on any atom is -0.352 e. The Labute approximate surface area is 87.6 Å². The summed E-state index contributed by atoms with van der Waals surface area (Å²) in [5, 5.41) is 0. The molecule has 1 heterocycles. The molecule has 70 valence electrons. The zero-order chi connectivity index (χ0) is 9.42. The Morgan fingerprint density at radius 2 is 2.31 bits per heavy atom. The van der Waals surface area contributed by atoms with Crippen LogP contribution in [0.15, 0.2) is 16.2 Å². The third-order valence-corrected chi connectivity index (χ3v) is 3.25. The number of hydrogen-bond donors (Lipinski definition) is 0. The van der Waals surface area contributed by atoms with Crippen LogP contribution in [0.5, 0.6) is 0 Å². The summed E-state index contributed by atoms with van der Waals surface area (Å²) in [4.78, 5) is 0. The number of allylic oxidation sites excluding steroid dienone is 1. The molecular weight excluding hydrogens is 226 g/mol. The van der Waals surface area contributed by atoms with Crippen LogP contribution >= 0.6 is 15.9 Å². The van der Waals surface area contributed by atoms with E-state index in [1.165, 1.54) is 28.6 Å². The molecule has 0 saturated carbocycles. The fraction of sp³-hybridized carbons (Fsp3) is 0.455. The van der Waals surface area contributed by atoms with Gasteiger partial charge in [-0.1, -0.05) is 25.0 Å². The number of aromatic nitrogens is 1. The van der Waals surface area contributed by atoms with E-state index < -0.39 is 0 Å². The monoisotopic (exact) mass is 239 g/mol. The van der Waals surface area contributed by atoms with Crippen LogP contribution in [0.1, 0.15) is 31.0 Å². The number of rotatable bonds is 2. The van der Waals surface area contributed by atoms with Crippen LogP contribution < -0.4 is 0 Å². The maximum Gasteiger partial charge on any atom is 0.0427 e. The van der Waals surface area contributed by atoms with Crippen molar-refractivity contribution in [3.8, 4) is 0 Å². The summed E-state index contributed by atoms with van der Waals surface area (Å²) in [5.74, 6) is 0. The molecule has 13 heavy (non-hydrogen) atoms. The first-order valence-electron chi connectivity index (χ1n) is 4.75. The summed E-state index contributed by atoms with van der Waals surface area (Å²) < 4.78 is 3.45. The SMILES string of the molecule is CCCC1=Cc2c(Br)cn(C)c2C1. The van der Waals surface area contributed by atoms with Crippen molar-refractivity contribution < 1.29 is 0 Å². The molecule has 0 atom stereocenters. The molecule has 0 N–H and O–H groups in total. The van der Waals surface area contributed by atoms with Gasteiger partial charge in [0.1, 0.15) is 0 Å². The summed E-state index contributed by atoms with van der Waals surface area (Å²) in [6.45, 7) is 2.23. The zero-order valence-electron chi connectivity index (χ0n) is 8.10. The molecule has 1 aromatic rings. The first-order valence-corrected chi connectivity index (χ1v) is 5.54. The predicted octanol–water partition coefficient (Wildman–Crippen LogP) is 3.53. The Hall–Kier alpha value is -0.500. The van der Waals surface area contributed by atoms with E-state index in [0.29, 0.717) is 0 Å². The van der Waals surface area contributed by atoms with E-state index in [9.17, 15) is 0 Å². The van der Waals surface area contributed by atoms with Crippen molar-refractivity contribution in [3.63, 3.8) is 0 Å². The molecule has 0 saturated heterocycles. The highest BCUT2D eigenvalue weighted by Gasteiger charge is 2.17.